The van der Waals surface area contributed by atoms with E-state index in [-0.39, 0.29) is 6.03 Å². The van der Waals surface area contributed by atoms with Gasteiger partial charge in [-0.2, -0.15) is 0 Å². The van der Waals surface area contributed by atoms with Gasteiger partial charge in [0.25, 0.3) is 0 Å². The van der Waals surface area contributed by atoms with Gasteiger partial charge in [-0.3, -0.25) is 4.84 Å². The van der Waals surface area contributed by atoms with Crippen LogP contribution in [-0.2, 0) is 4.84 Å². The molecule has 2 saturated carbocycles. The summed E-state index contributed by atoms with van der Waals surface area (Å²) in [5.74, 6) is 1.63. The summed E-state index contributed by atoms with van der Waals surface area (Å²) in [6, 6.07) is 0.181. The van der Waals surface area contributed by atoms with Gasteiger partial charge >= 0.3 is 6.03 Å². The van der Waals surface area contributed by atoms with Crippen molar-refractivity contribution in [3.8, 4) is 0 Å². The van der Waals surface area contributed by atoms with Crippen molar-refractivity contribution < 1.29 is 9.63 Å². The number of urea groups is 1. The normalized spacial score (nSPS) is 32.1. The zero-order valence-corrected chi connectivity index (χ0v) is 7.88. The van der Waals surface area contributed by atoms with Crippen molar-refractivity contribution in [3.05, 3.63) is 0 Å². The topological polar surface area (TPSA) is 50.4 Å². The molecule has 0 heterocycles. The van der Waals surface area contributed by atoms with Crippen molar-refractivity contribution in [1.29, 1.82) is 0 Å². The Balaban J connectivity index is 1.72. The number of hydrogen-bond donors (Lipinski definition) is 2. The summed E-state index contributed by atoms with van der Waals surface area (Å²) in [6.07, 6.45) is 5.12. The van der Waals surface area contributed by atoms with E-state index in [0.29, 0.717) is 6.04 Å². The summed E-state index contributed by atoms with van der Waals surface area (Å²) in [4.78, 5) is 15.6. The first-order valence-corrected chi connectivity index (χ1v) is 4.90. The van der Waals surface area contributed by atoms with Crippen LogP contribution in [0.15, 0.2) is 0 Å². The van der Waals surface area contributed by atoms with Crippen LogP contribution >= 0.6 is 0 Å². The minimum atomic E-state index is -0.210. The zero-order chi connectivity index (χ0) is 9.26. The lowest BCUT2D eigenvalue weighted by molar-refractivity contribution is 0.0968. The quantitative estimate of drug-likeness (QED) is 0.644. The summed E-state index contributed by atoms with van der Waals surface area (Å²) in [6.45, 7) is 0. The van der Waals surface area contributed by atoms with E-state index in [1.165, 1.54) is 26.4 Å². The molecule has 2 atom stereocenters. The summed E-state index contributed by atoms with van der Waals surface area (Å²) in [5, 5.41) is 2.91. The number of carbonyl (C=O) groups excluding carboxylic acids is 1. The maximum Gasteiger partial charge on any atom is 0.338 e. The summed E-state index contributed by atoms with van der Waals surface area (Å²) in [7, 11) is 1.44. The number of hydrogen-bond acceptors (Lipinski definition) is 2. The van der Waals surface area contributed by atoms with Crippen LogP contribution in [0, 0.1) is 11.8 Å². The van der Waals surface area contributed by atoms with Gasteiger partial charge in [0.1, 0.15) is 0 Å². The molecule has 2 aliphatic carbocycles. The molecule has 74 valence electrons. The second kappa shape index (κ2) is 3.54. The van der Waals surface area contributed by atoms with Crippen LogP contribution in [0.2, 0.25) is 0 Å². The van der Waals surface area contributed by atoms with Crippen LogP contribution in [0.4, 0.5) is 4.79 Å². The number of hydroxylamine groups is 1. The first kappa shape index (κ1) is 8.81. The molecule has 2 unspecified atom stereocenters. The Morgan fingerprint density at radius 1 is 1.31 bits per heavy atom. The van der Waals surface area contributed by atoms with Gasteiger partial charge in [0.15, 0.2) is 0 Å². The van der Waals surface area contributed by atoms with Crippen LogP contribution < -0.4 is 10.8 Å². The number of carbonyl (C=O) groups is 1. The highest BCUT2D eigenvalue weighted by molar-refractivity contribution is 5.73. The first-order chi connectivity index (χ1) is 6.31. The Bertz CT molecular complexity index is 204. The lowest BCUT2D eigenvalue weighted by Gasteiger charge is -2.37. The van der Waals surface area contributed by atoms with E-state index in [4.69, 9.17) is 0 Å². The molecule has 2 amide bonds. The smallest absolute Gasteiger partial charge is 0.333 e. The van der Waals surface area contributed by atoms with E-state index in [1.54, 1.807) is 0 Å². The molecule has 0 aliphatic heterocycles. The SMILES string of the molecule is CONC(=O)NC1CCC1C1CC1. The van der Waals surface area contributed by atoms with Crippen molar-refractivity contribution in [2.75, 3.05) is 7.11 Å². The Morgan fingerprint density at radius 2 is 2.08 bits per heavy atom. The maximum atomic E-state index is 11.1. The lowest BCUT2D eigenvalue weighted by atomic mass is 9.76. The molecule has 0 bridgehead atoms. The van der Waals surface area contributed by atoms with Gasteiger partial charge in [-0.1, -0.05) is 0 Å². The molecule has 4 nitrogen and oxygen atoms in total. The van der Waals surface area contributed by atoms with Gasteiger partial charge < -0.3 is 5.32 Å². The molecule has 4 heteroatoms. The molecule has 2 aliphatic rings. The molecule has 0 aromatic heterocycles. The fraction of sp³-hybridized carbons (Fsp3) is 0.889. The van der Waals surface area contributed by atoms with E-state index < -0.39 is 0 Å². The Morgan fingerprint density at radius 3 is 2.54 bits per heavy atom. The molecule has 0 saturated heterocycles. The van der Waals surface area contributed by atoms with Gasteiger partial charge in [-0.15, -0.1) is 0 Å². The second-order valence-corrected chi connectivity index (χ2v) is 3.96. The number of rotatable bonds is 3. The molecule has 0 aromatic carbocycles. The average Bonchev–Trinajstić information content (AvgIpc) is 2.83. The van der Waals surface area contributed by atoms with Gasteiger partial charge in [0.2, 0.25) is 0 Å². The van der Waals surface area contributed by atoms with Crippen molar-refractivity contribution in [1.82, 2.24) is 10.8 Å². The predicted molar refractivity (Wildman–Crippen MR) is 47.9 cm³/mol. The minimum absolute atomic E-state index is 0.210. The molecule has 13 heavy (non-hydrogen) atoms. The van der Waals surface area contributed by atoms with Crippen molar-refractivity contribution in [2.24, 2.45) is 11.8 Å². The predicted octanol–water partition coefficient (Wildman–Crippen LogP) is 1.04. The van der Waals surface area contributed by atoms with E-state index >= 15 is 0 Å². The van der Waals surface area contributed by atoms with Crippen LogP contribution in [0.25, 0.3) is 0 Å². The van der Waals surface area contributed by atoms with Crippen molar-refractivity contribution in [2.45, 2.75) is 31.7 Å². The summed E-state index contributed by atoms with van der Waals surface area (Å²) in [5.41, 5.74) is 2.27. The molecule has 0 aromatic rings. The monoisotopic (exact) mass is 184 g/mol. The largest absolute Gasteiger partial charge is 0.338 e. The second-order valence-electron chi connectivity index (χ2n) is 3.96. The van der Waals surface area contributed by atoms with Crippen LogP contribution in [0.1, 0.15) is 25.7 Å². The third kappa shape index (κ3) is 1.94. The van der Waals surface area contributed by atoms with Gasteiger partial charge in [0, 0.05) is 6.04 Å². The fourth-order valence-corrected chi connectivity index (χ4v) is 2.08. The van der Waals surface area contributed by atoms with E-state index in [9.17, 15) is 4.79 Å². The van der Waals surface area contributed by atoms with E-state index in [1.807, 2.05) is 0 Å². The lowest BCUT2D eigenvalue weighted by Crippen LogP contribution is -2.50. The van der Waals surface area contributed by atoms with Crippen molar-refractivity contribution >= 4 is 6.03 Å². The molecule has 0 radical (unpaired) electrons. The van der Waals surface area contributed by atoms with Crippen LogP contribution in [0.3, 0.4) is 0 Å². The highest BCUT2D eigenvalue weighted by Crippen LogP contribution is 2.46. The average molecular weight is 184 g/mol. The van der Waals surface area contributed by atoms with Crippen LogP contribution in [-0.4, -0.2) is 19.2 Å². The molecule has 0 spiro atoms. The summed E-state index contributed by atoms with van der Waals surface area (Å²) < 4.78 is 0. The molecule has 2 fully saturated rings. The Kier molecular flexibility index (Phi) is 2.40. The highest BCUT2D eigenvalue weighted by atomic mass is 16.6. The molecular weight excluding hydrogens is 168 g/mol. The first-order valence-electron chi connectivity index (χ1n) is 4.90. The van der Waals surface area contributed by atoms with E-state index in [0.717, 1.165) is 18.3 Å². The van der Waals surface area contributed by atoms with Gasteiger partial charge in [-0.05, 0) is 37.5 Å². The minimum Gasteiger partial charge on any atom is -0.333 e. The van der Waals surface area contributed by atoms with E-state index in [2.05, 4.69) is 15.6 Å². The summed E-state index contributed by atoms with van der Waals surface area (Å²) >= 11 is 0. The van der Waals surface area contributed by atoms with Gasteiger partial charge in [-0.25, -0.2) is 10.3 Å². The van der Waals surface area contributed by atoms with Gasteiger partial charge in [0.05, 0.1) is 7.11 Å². The maximum absolute atomic E-state index is 11.1. The molecule has 2 rings (SSSR count). The van der Waals surface area contributed by atoms with Crippen LogP contribution in [0.5, 0.6) is 0 Å². The standard InChI is InChI=1S/C9H16N2O2/c1-13-11-9(12)10-8-5-4-7(8)6-2-3-6/h6-8H,2-5H2,1H3,(H2,10,11,12). The molecular formula is C9H16N2O2. The Labute approximate surface area is 78.0 Å². The molecule has 2 N–H and O–H groups in total. The Hall–Kier alpha value is -0.770. The number of amides is 2. The fourth-order valence-electron chi connectivity index (χ4n) is 2.08. The highest BCUT2D eigenvalue weighted by Gasteiger charge is 2.42. The third-order valence-corrected chi connectivity index (χ3v) is 3.07. The third-order valence-electron chi connectivity index (χ3n) is 3.07. The van der Waals surface area contributed by atoms with Crippen molar-refractivity contribution in [3.63, 3.8) is 0 Å². The number of nitrogens with one attached hydrogen (secondary N) is 2. The zero-order valence-electron chi connectivity index (χ0n) is 7.88.